The number of imide groups is 1. The molecule has 364 valence electrons. The summed E-state index contributed by atoms with van der Waals surface area (Å²) in [6.07, 6.45) is 22.1. The van der Waals surface area contributed by atoms with Crippen molar-refractivity contribution in [2.75, 3.05) is 13.2 Å². The Labute approximate surface area is 385 Å². The van der Waals surface area contributed by atoms with Crippen LogP contribution in [0.1, 0.15) is 132 Å². The lowest BCUT2D eigenvalue weighted by molar-refractivity contribution is -0.178. The Balaban J connectivity index is 0.000000184. The number of rotatable bonds is 7. The topological polar surface area (TPSA) is 177 Å². The predicted molar refractivity (Wildman–Crippen MR) is 249 cm³/mol. The van der Waals surface area contributed by atoms with Crippen molar-refractivity contribution in [2.24, 2.45) is 11.8 Å². The molecule has 0 aromatic carbocycles. The van der Waals surface area contributed by atoms with Crippen LogP contribution in [0.15, 0.2) is 36.5 Å². The van der Waals surface area contributed by atoms with Gasteiger partial charge in [-0.3, -0.25) is 19.2 Å². The van der Waals surface area contributed by atoms with Crippen LogP contribution in [-0.4, -0.2) is 118 Å². The van der Waals surface area contributed by atoms with Crippen LogP contribution in [0.25, 0.3) is 0 Å². The van der Waals surface area contributed by atoms with Crippen molar-refractivity contribution in [1.82, 2.24) is 5.06 Å². The van der Waals surface area contributed by atoms with Crippen molar-refractivity contribution >= 4 is 40.6 Å². The lowest BCUT2D eigenvalue weighted by Gasteiger charge is -2.38. The average molecular weight is 936 g/mol. The van der Waals surface area contributed by atoms with Crippen molar-refractivity contribution in [1.29, 1.82) is 0 Å². The van der Waals surface area contributed by atoms with Gasteiger partial charge >= 0.3 is 12.1 Å². The largest absolute Gasteiger partial charge is 0.534 e. The number of hydrogen-bond acceptors (Lipinski definition) is 13. The Bertz CT molecular complexity index is 1590. The molecule has 2 saturated carbocycles. The highest BCUT2D eigenvalue weighted by Crippen LogP contribution is 2.43. The summed E-state index contributed by atoms with van der Waals surface area (Å²) in [6.45, 7) is 25.9. The SMILES string of the molecule is C1=CCCC1.CC(=O)O[C@H]1C=C[C@@H](O)C1.CC(C)(C)[Si](C)(C)O[C@@H]1C=C[C@H](O)C1.CC(C)(C)[Si](C)(C)O[C@@H]1CC2CCO[C@@H]2C1.O=C(O[C@@H]1CC2CCO[C@@H]2C1)ON1C(=O)CCC1=O. The van der Waals surface area contributed by atoms with E-state index in [1.807, 2.05) is 12.2 Å². The van der Waals surface area contributed by atoms with Crippen molar-refractivity contribution in [3.05, 3.63) is 36.5 Å². The van der Waals surface area contributed by atoms with Gasteiger partial charge in [-0.25, -0.2) is 4.79 Å². The normalized spacial score (nSPS) is 31.5. The van der Waals surface area contributed by atoms with E-state index >= 15 is 0 Å². The molecule has 5 aliphatic carbocycles. The highest BCUT2D eigenvalue weighted by molar-refractivity contribution is 6.74. The summed E-state index contributed by atoms with van der Waals surface area (Å²) in [5.41, 5.74) is 0. The number of ether oxygens (including phenoxy) is 4. The number of amides is 2. The molecule has 16 heteroatoms. The van der Waals surface area contributed by atoms with Crippen LogP contribution in [0.5, 0.6) is 0 Å². The maximum Gasteiger partial charge on any atom is 0.534 e. The van der Waals surface area contributed by atoms with Gasteiger partial charge < -0.3 is 38.0 Å². The third-order valence-corrected chi connectivity index (χ3v) is 23.1. The lowest BCUT2D eigenvalue weighted by Crippen LogP contribution is -2.43. The third-order valence-electron chi connectivity index (χ3n) is 14.0. The van der Waals surface area contributed by atoms with E-state index in [9.17, 15) is 24.3 Å². The number of carbonyl (C=O) groups excluding carboxylic acids is 4. The zero-order chi connectivity index (χ0) is 47.5. The monoisotopic (exact) mass is 936 g/mol. The molecule has 5 fully saturated rings. The predicted octanol–water partition coefficient (Wildman–Crippen LogP) is 9.01. The number of nitrogens with zero attached hydrogens (tertiary/aromatic N) is 1. The molecule has 64 heavy (non-hydrogen) atoms. The first-order chi connectivity index (χ1) is 29.8. The average Bonchev–Trinajstić information content (AvgIpc) is 4.01. The molecule has 14 nitrogen and oxygen atoms in total. The number of hydrogen-bond donors (Lipinski definition) is 2. The molecule has 8 rings (SSSR count). The van der Waals surface area contributed by atoms with Gasteiger partial charge in [0.1, 0.15) is 12.2 Å². The molecule has 8 aliphatic rings. The van der Waals surface area contributed by atoms with Crippen molar-refractivity contribution < 1.29 is 62.0 Å². The quantitative estimate of drug-likeness (QED) is 0.107. The van der Waals surface area contributed by atoms with E-state index < -0.39 is 40.7 Å². The number of esters is 1. The summed E-state index contributed by atoms with van der Waals surface area (Å²) in [6, 6.07) is 0. The molecule has 3 saturated heterocycles. The van der Waals surface area contributed by atoms with Gasteiger partial charge in [-0.15, -0.1) is 0 Å². The smallest absolute Gasteiger partial charge is 0.458 e. The van der Waals surface area contributed by atoms with Gasteiger partial charge in [0, 0.05) is 58.3 Å². The molecule has 2 unspecified atom stereocenters. The van der Waals surface area contributed by atoms with Crippen molar-refractivity contribution in [2.45, 2.75) is 217 Å². The fraction of sp³-hybridized carbons (Fsp3) is 0.792. The zero-order valence-corrected chi connectivity index (χ0v) is 42.7. The van der Waals surface area contributed by atoms with Gasteiger partial charge in [-0.05, 0) is 106 Å². The Hall–Kier alpha value is -2.71. The summed E-state index contributed by atoms with van der Waals surface area (Å²) in [5, 5.41) is 19.3. The second-order valence-electron chi connectivity index (χ2n) is 21.4. The summed E-state index contributed by atoms with van der Waals surface area (Å²) in [7, 11) is -3.24. The van der Waals surface area contributed by atoms with Crippen LogP contribution in [0.2, 0.25) is 36.3 Å². The second kappa shape index (κ2) is 23.8. The van der Waals surface area contributed by atoms with E-state index in [0.717, 1.165) is 44.8 Å². The number of aliphatic hydroxyl groups excluding tert-OH is 2. The molecule has 0 bridgehead atoms. The van der Waals surface area contributed by atoms with E-state index in [2.05, 4.69) is 84.7 Å². The first-order valence-corrected chi connectivity index (χ1v) is 29.5. The summed E-state index contributed by atoms with van der Waals surface area (Å²) < 4.78 is 33.7. The molecule has 0 radical (unpaired) electrons. The minimum atomic E-state index is -1.66. The van der Waals surface area contributed by atoms with Gasteiger partial charge in [0.2, 0.25) is 0 Å². The first kappa shape index (κ1) is 53.9. The van der Waals surface area contributed by atoms with Crippen LogP contribution < -0.4 is 0 Å². The fourth-order valence-corrected chi connectivity index (χ4v) is 11.0. The molecule has 0 spiro atoms. The molecular formula is C48H81NO13Si2. The molecular weight excluding hydrogens is 855 g/mol. The highest BCUT2D eigenvalue weighted by atomic mass is 28.4. The number of carbonyl (C=O) groups is 4. The summed E-state index contributed by atoms with van der Waals surface area (Å²) >= 11 is 0. The molecule has 3 aliphatic heterocycles. The first-order valence-electron chi connectivity index (χ1n) is 23.7. The van der Waals surface area contributed by atoms with Crippen LogP contribution in [0.4, 0.5) is 4.79 Å². The van der Waals surface area contributed by atoms with Crippen molar-refractivity contribution in [3.8, 4) is 0 Å². The van der Waals surface area contributed by atoms with E-state index in [1.54, 1.807) is 12.2 Å². The summed E-state index contributed by atoms with van der Waals surface area (Å²) in [5.74, 6) is -0.0893. The highest BCUT2D eigenvalue weighted by Gasteiger charge is 2.45. The van der Waals surface area contributed by atoms with Gasteiger partial charge in [-0.2, -0.15) is 0 Å². The number of aliphatic hydroxyl groups is 2. The standard InChI is InChI=1S/C13H26O2Si.C12H15NO6.C11H22O2Si.C7H10O3.C5H8/c1-13(2,3)16(4,5)15-11-8-10-6-7-14-12(10)9-11;14-10-1-2-11(15)13(10)19-12(16)18-8-5-7-3-4-17-9(7)6-8;1-11(2,3)14(4,5)13-10-7-6-9(12)8-10;1-5(8)10-7-3-2-6(9)4-7;1-2-4-5-3-1/h10-12H,6-9H2,1-5H3;7-9H,1-6H2;6-7,9-10,12H,8H2,1-5H3;2-3,6-7,9H,4H2,1H3;1-2H,3-5H2/t10?,11-,12-;7?,8-,9-;9-,10+;6-,7+;/m1101./s1. The second-order valence-corrected chi connectivity index (χ2v) is 30.9. The maximum absolute atomic E-state index is 11.5. The molecule has 10 atom stereocenters. The molecule has 0 aromatic rings. The molecule has 2 amide bonds. The minimum absolute atomic E-state index is 0.0769. The van der Waals surface area contributed by atoms with E-state index in [1.165, 1.54) is 39.0 Å². The lowest BCUT2D eigenvalue weighted by atomic mass is 10.1. The number of allylic oxidation sites excluding steroid dienone is 2. The van der Waals surface area contributed by atoms with Crippen LogP contribution in [0, 0.1) is 11.8 Å². The Morgan fingerprint density at radius 2 is 1.12 bits per heavy atom. The van der Waals surface area contributed by atoms with Crippen LogP contribution in [-0.2, 0) is 47.0 Å². The Morgan fingerprint density at radius 3 is 1.55 bits per heavy atom. The van der Waals surface area contributed by atoms with Gasteiger partial charge in [-0.1, -0.05) is 77.0 Å². The van der Waals surface area contributed by atoms with Crippen molar-refractivity contribution in [3.63, 3.8) is 0 Å². The number of hydroxylamine groups is 2. The molecule has 2 N–H and O–H groups in total. The molecule has 0 aromatic heterocycles. The van der Waals surface area contributed by atoms with Gasteiger partial charge in [0.05, 0.1) is 30.5 Å². The van der Waals surface area contributed by atoms with E-state index in [-0.39, 0.29) is 54.4 Å². The van der Waals surface area contributed by atoms with E-state index in [4.69, 9.17) is 32.9 Å². The number of fused-ring (bicyclic) bond motifs is 2. The van der Waals surface area contributed by atoms with Gasteiger partial charge in [0.15, 0.2) is 16.6 Å². The maximum atomic E-state index is 11.5. The third kappa shape index (κ3) is 16.9. The summed E-state index contributed by atoms with van der Waals surface area (Å²) in [4.78, 5) is 49.1. The molecule has 3 heterocycles. The Morgan fingerprint density at radius 1 is 0.656 bits per heavy atom. The van der Waals surface area contributed by atoms with Crippen LogP contribution in [0.3, 0.4) is 0 Å². The van der Waals surface area contributed by atoms with Crippen LogP contribution >= 0.6 is 0 Å². The zero-order valence-electron chi connectivity index (χ0n) is 40.7. The van der Waals surface area contributed by atoms with Gasteiger partial charge in [0.25, 0.3) is 11.8 Å². The minimum Gasteiger partial charge on any atom is -0.458 e. The fourth-order valence-electron chi connectivity index (χ4n) is 8.33. The van der Waals surface area contributed by atoms with E-state index in [0.29, 0.717) is 41.1 Å². The Kier molecular flexibility index (Phi) is 20.1.